The van der Waals surface area contributed by atoms with Crippen molar-refractivity contribution in [1.82, 2.24) is 10.2 Å². The van der Waals surface area contributed by atoms with Crippen molar-refractivity contribution in [1.29, 1.82) is 0 Å². The van der Waals surface area contributed by atoms with Crippen LogP contribution in [0.4, 0.5) is 5.69 Å². The lowest BCUT2D eigenvalue weighted by Crippen LogP contribution is -2.14. The van der Waals surface area contributed by atoms with E-state index in [0.717, 1.165) is 18.4 Å². The van der Waals surface area contributed by atoms with Crippen LogP contribution >= 0.6 is 0 Å². The van der Waals surface area contributed by atoms with Crippen molar-refractivity contribution in [2.45, 2.75) is 19.3 Å². The van der Waals surface area contributed by atoms with Gasteiger partial charge >= 0.3 is 5.97 Å². The predicted molar refractivity (Wildman–Crippen MR) is 82.5 cm³/mol. The third kappa shape index (κ3) is 2.86. The van der Waals surface area contributed by atoms with Gasteiger partial charge in [0.1, 0.15) is 0 Å². The minimum absolute atomic E-state index is 0.0287. The molecule has 1 heterocycles. The third-order valence-electron chi connectivity index (χ3n) is 3.79. The van der Waals surface area contributed by atoms with E-state index in [4.69, 9.17) is 4.74 Å². The van der Waals surface area contributed by atoms with E-state index in [1.54, 1.807) is 18.2 Å². The third-order valence-corrected chi connectivity index (χ3v) is 3.79. The van der Waals surface area contributed by atoms with Gasteiger partial charge in [0, 0.05) is 17.5 Å². The number of hydrogen-bond acceptors (Lipinski definition) is 4. The SMILES string of the molecule is COC(=O)c1n[nH]c2ccc(NC(=O)CC3C=CCC3)cc12. The van der Waals surface area contributed by atoms with Crippen LogP contribution in [-0.4, -0.2) is 29.2 Å². The van der Waals surface area contributed by atoms with Crippen LogP contribution in [0, 0.1) is 5.92 Å². The Morgan fingerprint density at radius 1 is 1.45 bits per heavy atom. The minimum atomic E-state index is -0.509. The molecule has 2 aromatic rings. The van der Waals surface area contributed by atoms with Crippen molar-refractivity contribution in [3.63, 3.8) is 0 Å². The number of esters is 1. The van der Waals surface area contributed by atoms with E-state index < -0.39 is 5.97 Å². The van der Waals surface area contributed by atoms with E-state index in [-0.39, 0.29) is 11.6 Å². The van der Waals surface area contributed by atoms with E-state index in [0.29, 0.717) is 23.4 Å². The first kappa shape index (κ1) is 14.3. The summed E-state index contributed by atoms with van der Waals surface area (Å²) in [5.41, 5.74) is 1.58. The van der Waals surface area contributed by atoms with Gasteiger partial charge in [-0.1, -0.05) is 12.2 Å². The lowest BCUT2D eigenvalue weighted by molar-refractivity contribution is -0.116. The van der Waals surface area contributed by atoms with E-state index in [1.807, 2.05) is 0 Å². The predicted octanol–water partition coefficient (Wildman–Crippen LogP) is 2.64. The van der Waals surface area contributed by atoms with Gasteiger partial charge in [0.15, 0.2) is 5.69 Å². The van der Waals surface area contributed by atoms with Gasteiger partial charge in [-0.2, -0.15) is 5.10 Å². The Morgan fingerprint density at radius 3 is 3.05 bits per heavy atom. The zero-order chi connectivity index (χ0) is 15.5. The van der Waals surface area contributed by atoms with Gasteiger partial charge < -0.3 is 10.1 Å². The van der Waals surface area contributed by atoms with Crippen molar-refractivity contribution in [2.75, 3.05) is 12.4 Å². The highest BCUT2D eigenvalue weighted by molar-refractivity contribution is 6.03. The molecular weight excluding hydrogens is 282 g/mol. The smallest absolute Gasteiger partial charge is 0.359 e. The first-order valence-electron chi connectivity index (χ1n) is 7.20. The first-order valence-corrected chi connectivity index (χ1v) is 7.20. The van der Waals surface area contributed by atoms with Crippen molar-refractivity contribution >= 4 is 28.5 Å². The Morgan fingerprint density at radius 2 is 2.32 bits per heavy atom. The summed E-state index contributed by atoms with van der Waals surface area (Å²) in [5, 5.41) is 10.2. The fraction of sp³-hybridized carbons (Fsp3) is 0.312. The van der Waals surface area contributed by atoms with Gasteiger partial charge in [-0.25, -0.2) is 4.79 Å². The highest BCUT2D eigenvalue weighted by Gasteiger charge is 2.17. The molecule has 0 saturated carbocycles. The average molecular weight is 299 g/mol. The largest absolute Gasteiger partial charge is 0.464 e. The summed E-state index contributed by atoms with van der Waals surface area (Å²) in [5.74, 6) is -0.215. The average Bonchev–Trinajstić information content (AvgIpc) is 3.15. The van der Waals surface area contributed by atoms with Gasteiger partial charge in [-0.05, 0) is 37.0 Å². The number of anilines is 1. The van der Waals surface area contributed by atoms with Gasteiger partial charge in [0.2, 0.25) is 5.91 Å². The molecule has 1 aromatic carbocycles. The number of amides is 1. The van der Waals surface area contributed by atoms with Crippen molar-refractivity contribution in [3.05, 3.63) is 36.0 Å². The minimum Gasteiger partial charge on any atom is -0.464 e. The number of carbonyl (C=O) groups excluding carboxylic acids is 2. The Balaban J connectivity index is 1.77. The summed E-state index contributed by atoms with van der Waals surface area (Å²) in [6.07, 6.45) is 6.75. The molecule has 1 aromatic heterocycles. The maximum absolute atomic E-state index is 12.1. The molecule has 0 radical (unpaired) electrons. The molecule has 0 bridgehead atoms. The van der Waals surface area contributed by atoms with E-state index in [2.05, 4.69) is 27.7 Å². The van der Waals surface area contributed by atoms with Gasteiger partial charge in [0.25, 0.3) is 0 Å². The first-order chi connectivity index (χ1) is 10.7. The topological polar surface area (TPSA) is 84.1 Å². The molecule has 2 N–H and O–H groups in total. The van der Waals surface area contributed by atoms with Crippen LogP contribution in [0.25, 0.3) is 10.9 Å². The fourth-order valence-corrected chi connectivity index (χ4v) is 2.66. The van der Waals surface area contributed by atoms with Gasteiger partial charge in [0.05, 0.1) is 12.6 Å². The molecule has 0 spiro atoms. The van der Waals surface area contributed by atoms with Crippen LogP contribution in [-0.2, 0) is 9.53 Å². The molecule has 114 valence electrons. The van der Waals surface area contributed by atoms with Crippen molar-refractivity contribution in [3.8, 4) is 0 Å². The molecule has 6 heteroatoms. The second-order valence-electron chi connectivity index (χ2n) is 5.34. The fourth-order valence-electron chi connectivity index (χ4n) is 2.66. The molecule has 0 saturated heterocycles. The number of ether oxygens (including phenoxy) is 1. The molecule has 3 rings (SSSR count). The second kappa shape index (κ2) is 6.01. The number of methoxy groups -OCH3 is 1. The number of allylic oxidation sites excluding steroid dienone is 2. The zero-order valence-corrected chi connectivity index (χ0v) is 12.3. The zero-order valence-electron chi connectivity index (χ0n) is 12.3. The van der Waals surface area contributed by atoms with Gasteiger partial charge in [-0.15, -0.1) is 0 Å². The number of rotatable bonds is 4. The summed E-state index contributed by atoms with van der Waals surface area (Å²) in [6.45, 7) is 0. The van der Waals surface area contributed by atoms with Crippen molar-refractivity contribution < 1.29 is 14.3 Å². The molecule has 1 unspecified atom stereocenters. The van der Waals surface area contributed by atoms with E-state index in [9.17, 15) is 9.59 Å². The van der Waals surface area contributed by atoms with Crippen LogP contribution in [0.1, 0.15) is 29.8 Å². The maximum atomic E-state index is 12.1. The number of carbonyl (C=O) groups is 2. The van der Waals surface area contributed by atoms with Crippen LogP contribution in [0.15, 0.2) is 30.4 Å². The molecule has 22 heavy (non-hydrogen) atoms. The van der Waals surface area contributed by atoms with E-state index in [1.165, 1.54) is 7.11 Å². The highest BCUT2D eigenvalue weighted by Crippen LogP contribution is 2.23. The standard InChI is InChI=1S/C16H17N3O3/c1-22-16(21)15-12-9-11(6-7-13(12)18-19-15)17-14(20)8-10-4-2-3-5-10/h2,4,6-7,9-10H,3,5,8H2,1H3,(H,17,20)(H,18,19). The molecule has 1 aliphatic rings. The lowest BCUT2D eigenvalue weighted by Gasteiger charge is -2.09. The van der Waals surface area contributed by atoms with E-state index >= 15 is 0 Å². The molecule has 1 amide bonds. The van der Waals surface area contributed by atoms with Crippen LogP contribution in [0.3, 0.4) is 0 Å². The number of benzene rings is 1. The molecule has 0 fully saturated rings. The number of aromatic amines is 1. The Kier molecular flexibility index (Phi) is 3.91. The number of fused-ring (bicyclic) bond motifs is 1. The number of nitrogens with one attached hydrogen (secondary N) is 2. The van der Waals surface area contributed by atoms with Crippen LogP contribution in [0.5, 0.6) is 0 Å². The molecule has 0 aliphatic heterocycles. The van der Waals surface area contributed by atoms with Crippen molar-refractivity contribution in [2.24, 2.45) is 5.92 Å². The summed E-state index contributed by atoms with van der Waals surface area (Å²) in [7, 11) is 1.31. The molecular formula is C16H17N3O3. The molecule has 6 nitrogen and oxygen atoms in total. The number of hydrogen-bond donors (Lipinski definition) is 2. The Hall–Kier alpha value is -2.63. The summed E-state index contributed by atoms with van der Waals surface area (Å²) < 4.78 is 4.70. The Labute approximate surface area is 127 Å². The Bertz CT molecular complexity index is 748. The highest BCUT2D eigenvalue weighted by atomic mass is 16.5. The molecule has 1 atom stereocenters. The van der Waals surface area contributed by atoms with Gasteiger partial charge in [-0.3, -0.25) is 9.89 Å². The summed E-state index contributed by atoms with van der Waals surface area (Å²) in [4.78, 5) is 23.7. The second-order valence-corrected chi connectivity index (χ2v) is 5.34. The summed E-state index contributed by atoms with van der Waals surface area (Å²) >= 11 is 0. The maximum Gasteiger partial charge on any atom is 0.359 e. The monoisotopic (exact) mass is 299 g/mol. The number of nitrogens with zero attached hydrogens (tertiary/aromatic N) is 1. The quantitative estimate of drug-likeness (QED) is 0.671. The number of aromatic nitrogens is 2. The van der Waals surface area contributed by atoms with Crippen LogP contribution < -0.4 is 5.32 Å². The van der Waals surface area contributed by atoms with Crippen LogP contribution in [0.2, 0.25) is 0 Å². The number of H-pyrrole nitrogens is 1. The normalized spacial score (nSPS) is 16.9. The lowest BCUT2D eigenvalue weighted by atomic mass is 10.0. The summed E-state index contributed by atoms with van der Waals surface area (Å²) in [6, 6.07) is 5.29. The molecule has 1 aliphatic carbocycles.